The van der Waals surface area contributed by atoms with Gasteiger partial charge in [-0.3, -0.25) is 4.79 Å². The minimum atomic E-state index is -2.49. The minimum absolute atomic E-state index is 0.0162. The van der Waals surface area contributed by atoms with E-state index >= 15 is 0 Å². The summed E-state index contributed by atoms with van der Waals surface area (Å²) in [5, 5.41) is 2.77. The van der Waals surface area contributed by atoms with E-state index in [1.165, 1.54) is 0 Å². The minimum Gasteiger partial charge on any atom is -0.375 e. The van der Waals surface area contributed by atoms with Crippen molar-refractivity contribution in [2.75, 3.05) is 25.6 Å². The van der Waals surface area contributed by atoms with Crippen LogP contribution in [0.1, 0.15) is 33.1 Å². The van der Waals surface area contributed by atoms with Gasteiger partial charge in [0.15, 0.2) is 0 Å². The highest BCUT2D eigenvalue weighted by Crippen LogP contribution is 2.26. The van der Waals surface area contributed by atoms with Gasteiger partial charge in [0.25, 0.3) is 6.43 Å². The summed E-state index contributed by atoms with van der Waals surface area (Å²) in [6.45, 7) is 3.97. The van der Waals surface area contributed by atoms with E-state index in [2.05, 4.69) is 10.1 Å². The molecule has 0 atom stereocenters. The molecular formula is C12H22ClF2NO2. The van der Waals surface area contributed by atoms with Crippen LogP contribution >= 0.6 is 11.6 Å². The van der Waals surface area contributed by atoms with Crippen molar-refractivity contribution in [3.63, 3.8) is 0 Å². The molecule has 0 aliphatic heterocycles. The second-order valence-electron chi connectivity index (χ2n) is 4.33. The molecule has 3 nitrogen and oxygen atoms in total. The summed E-state index contributed by atoms with van der Waals surface area (Å²) in [6, 6.07) is 0. The first-order chi connectivity index (χ1) is 8.49. The van der Waals surface area contributed by atoms with Crippen LogP contribution in [0.25, 0.3) is 0 Å². The van der Waals surface area contributed by atoms with Crippen LogP contribution < -0.4 is 5.32 Å². The number of hydrogen-bond donors (Lipinski definition) is 1. The zero-order valence-electron chi connectivity index (χ0n) is 11.0. The molecule has 0 radical (unpaired) electrons. The van der Waals surface area contributed by atoms with E-state index in [-0.39, 0.29) is 24.3 Å². The van der Waals surface area contributed by atoms with Crippen LogP contribution in [-0.2, 0) is 9.53 Å². The Hall–Kier alpha value is -0.420. The maximum absolute atomic E-state index is 11.8. The second kappa shape index (κ2) is 9.50. The first-order valence-corrected chi connectivity index (χ1v) is 6.71. The summed E-state index contributed by atoms with van der Waals surface area (Å²) >= 11 is 5.91. The predicted octanol–water partition coefficient (Wildman–Crippen LogP) is 2.82. The largest absolute Gasteiger partial charge is 0.375 e. The van der Waals surface area contributed by atoms with Gasteiger partial charge in [0, 0.05) is 24.3 Å². The van der Waals surface area contributed by atoms with Crippen molar-refractivity contribution >= 4 is 17.5 Å². The first kappa shape index (κ1) is 17.6. The number of rotatable bonds is 10. The molecule has 0 rings (SSSR count). The summed E-state index contributed by atoms with van der Waals surface area (Å²) < 4.78 is 28.2. The number of alkyl halides is 3. The molecule has 108 valence electrons. The Bertz CT molecular complexity index is 228. The third-order valence-electron chi connectivity index (χ3n) is 3.16. The highest BCUT2D eigenvalue weighted by molar-refractivity contribution is 6.18. The Kier molecular flexibility index (Phi) is 9.28. The normalized spacial score (nSPS) is 11.9. The summed E-state index contributed by atoms with van der Waals surface area (Å²) in [6.07, 6.45) is -0.625. The summed E-state index contributed by atoms with van der Waals surface area (Å²) in [5.74, 6) is 0.294. The van der Waals surface area contributed by atoms with Crippen molar-refractivity contribution in [2.45, 2.75) is 39.5 Å². The molecule has 0 unspecified atom stereocenters. The molecule has 18 heavy (non-hydrogen) atoms. The van der Waals surface area contributed by atoms with E-state index < -0.39 is 13.0 Å². The lowest BCUT2D eigenvalue weighted by atomic mass is 9.84. The predicted molar refractivity (Wildman–Crippen MR) is 68.2 cm³/mol. The Morgan fingerprint density at radius 2 is 2.00 bits per heavy atom. The van der Waals surface area contributed by atoms with Crippen molar-refractivity contribution in [3.05, 3.63) is 0 Å². The van der Waals surface area contributed by atoms with E-state index in [0.717, 1.165) is 12.8 Å². The molecule has 0 aromatic carbocycles. The van der Waals surface area contributed by atoms with Crippen molar-refractivity contribution in [1.82, 2.24) is 5.32 Å². The van der Waals surface area contributed by atoms with Gasteiger partial charge in [-0.15, -0.1) is 11.6 Å². The van der Waals surface area contributed by atoms with Crippen molar-refractivity contribution in [1.29, 1.82) is 0 Å². The summed E-state index contributed by atoms with van der Waals surface area (Å²) in [4.78, 5) is 11.5. The SMILES string of the molecule is CCC(CC)(CCl)CNC(=O)CCOCC(F)F. The average Bonchev–Trinajstić information content (AvgIpc) is 2.37. The number of carbonyl (C=O) groups is 1. The third-order valence-corrected chi connectivity index (χ3v) is 3.73. The lowest BCUT2D eigenvalue weighted by Gasteiger charge is -2.29. The number of ether oxygens (including phenoxy) is 1. The van der Waals surface area contributed by atoms with Crippen LogP contribution in [0.2, 0.25) is 0 Å². The van der Waals surface area contributed by atoms with Gasteiger partial charge in [-0.05, 0) is 12.8 Å². The lowest BCUT2D eigenvalue weighted by molar-refractivity contribution is -0.123. The zero-order valence-corrected chi connectivity index (χ0v) is 11.7. The lowest BCUT2D eigenvalue weighted by Crippen LogP contribution is -2.38. The van der Waals surface area contributed by atoms with Crippen LogP contribution in [0.4, 0.5) is 8.78 Å². The van der Waals surface area contributed by atoms with Gasteiger partial charge >= 0.3 is 0 Å². The van der Waals surface area contributed by atoms with Crippen LogP contribution in [0, 0.1) is 5.41 Å². The number of nitrogens with one attached hydrogen (secondary N) is 1. The second-order valence-corrected chi connectivity index (χ2v) is 4.60. The summed E-state index contributed by atoms with van der Waals surface area (Å²) in [7, 11) is 0. The van der Waals surface area contributed by atoms with Crippen molar-refractivity contribution in [2.24, 2.45) is 5.41 Å². The zero-order chi connectivity index (χ0) is 14.0. The number of halogens is 3. The molecule has 0 saturated carbocycles. The van der Waals surface area contributed by atoms with Crippen LogP contribution in [0.15, 0.2) is 0 Å². The molecule has 0 aromatic heterocycles. The number of amides is 1. The highest BCUT2D eigenvalue weighted by atomic mass is 35.5. The van der Waals surface area contributed by atoms with Gasteiger partial charge in [0.2, 0.25) is 5.91 Å². The Morgan fingerprint density at radius 1 is 1.39 bits per heavy atom. The van der Waals surface area contributed by atoms with Crippen LogP contribution in [-0.4, -0.2) is 38.0 Å². The monoisotopic (exact) mass is 285 g/mol. The Morgan fingerprint density at radius 3 is 2.44 bits per heavy atom. The molecule has 0 fully saturated rings. The van der Waals surface area contributed by atoms with Gasteiger partial charge in [0.1, 0.15) is 6.61 Å². The van der Waals surface area contributed by atoms with Gasteiger partial charge in [-0.1, -0.05) is 13.8 Å². The fraction of sp³-hybridized carbons (Fsp3) is 0.917. The van der Waals surface area contributed by atoms with Gasteiger partial charge in [-0.25, -0.2) is 8.78 Å². The maximum Gasteiger partial charge on any atom is 0.261 e. The molecule has 1 amide bonds. The average molecular weight is 286 g/mol. The number of hydrogen-bond acceptors (Lipinski definition) is 2. The van der Waals surface area contributed by atoms with Crippen molar-refractivity contribution < 1.29 is 18.3 Å². The quantitative estimate of drug-likeness (QED) is 0.495. The van der Waals surface area contributed by atoms with Crippen LogP contribution in [0.5, 0.6) is 0 Å². The Balaban J connectivity index is 3.81. The standard InChI is InChI=1S/C12H22ClF2NO2/c1-3-12(4-2,8-13)9-16-11(17)5-6-18-7-10(14)15/h10H,3-9H2,1-2H3,(H,16,17). The fourth-order valence-corrected chi connectivity index (χ4v) is 1.92. The van der Waals surface area contributed by atoms with Gasteiger partial charge < -0.3 is 10.1 Å². The third kappa shape index (κ3) is 7.11. The molecule has 0 aliphatic carbocycles. The molecule has 0 aliphatic rings. The van der Waals surface area contributed by atoms with E-state index in [1.807, 2.05) is 13.8 Å². The van der Waals surface area contributed by atoms with Crippen molar-refractivity contribution in [3.8, 4) is 0 Å². The van der Waals surface area contributed by atoms with E-state index in [1.54, 1.807) is 0 Å². The summed E-state index contributed by atoms with van der Waals surface area (Å²) in [5.41, 5.74) is -0.0823. The van der Waals surface area contributed by atoms with Gasteiger partial charge in [0.05, 0.1) is 6.61 Å². The molecule has 0 aromatic rings. The first-order valence-electron chi connectivity index (χ1n) is 6.18. The van der Waals surface area contributed by atoms with E-state index in [9.17, 15) is 13.6 Å². The van der Waals surface area contributed by atoms with E-state index in [4.69, 9.17) is 11.6 Å². The molecule has 0 heterocycles. The molecule has 0 spiro atoms. The molecule has 0 bridgehead atoms. The fourth-order valence-electron chi connectivity index (χ4n) is 1.45. The number of carbonyl (C=O) groups excluding carboxylic acids is 1. The smallest absolute Gasteiger partial charge is 0.261 e. The maximum atomic E-state index is 11.8. The highest BCUT2D eigenvalue weighted by Gasteiger charge is 2.25. The molecule has 1 N–H and O–H groups in total. The molecular weight excluding hydrogens is 264 g/mol. The topological polar surface area (TPSA) is 38.3 Å². The van der Waals surface area contributed by atoms with Gasteiger partial charge in [-0.2, -0.15) is 0 Å². The Labute approximate surface area is 112 Å². The molecule has 6 heteroatoms. The van der Waals surface area contributed by atoms with Crippen LogP contribution in [0.3, 0.4) is 0 Å². The molecule has 0 saturated heterocycles. The van der Waals surface area contributed by atoms with E-state index in [0.29, 0.717) is 12.4 Å².